The molecule has 7 nitrogen and oxygen atoms in total. The van der Waals surface area contributed by atoms with Gasteiger partial charge in [-0.25, -0.2) is 9.48 Å². The molecule has 3 aromatic rings. The van der Waals surface area contributed by atoms with Crippen molar-refractivity contribution in [3.8, 4) is 5.75 Å². The van der Waals surface area contributed by atoms with Crippen molar-refractivity contribution in [2.45, 2.75) is 51.8 Å². The largest absolute Gasteiger partial charge is 0.435 e. The summed E-state index contributed by atoms with van der Waals surface area (Å²) in [5.74, 6) is 0.336. The molecule has 0 saturated heterocycles. The van der Waals surface area contributed by atoms with Crippen molar-refractivity contribution < 1.29 is 18.3 Å². The number of aromatic nitrogens is 3. The summed E-state index contributed by atoms with van der Waals surface area (Å²) in [6.07, 6.45) is 4.03. The number of carbonyl (C=O) groups is 1. The fraction of sp³-hybridized carbons (Fsp3) is 0.348. The van der Waals surface area contributed by atoms with Crippen LogP contribution in [-0.2, 0) is 30.7 Å². The minimum Gasteiger partial charge on any atom is -0.435 e. The van der Waals surface area contributed by atoms with E-state index in [-0.39, 0.29) is 18.0 Å². The highest BCUT2D eigenvalue weighted by molar-refractivity contribution is 5.90. The smallest absolute Gasteiger partial charge is 0.387 e. The summed E-state index contributed by atoms with van der Waals surface area (Å²) in [6.45, 7) is -2.56. The second kappa shape index (κ2) is 9.76. The second-order valence-electron chi connectivity index (χ2n) is 7.73. The number of nitrogens with one attached hydrogen (secondary N) is 1. The molecule has 4 rings (SSSR count). The number of amides is 1. The highest BCUT2D eigenvalue weighted by atomic mass is 19.3. The number of anilines is 1. The molecule has 1 aliphatic heterocycles. The number of alkyl halides is 2. The first-order valence-corrected chi connectivity index (χ1v) is 10.6. The molecule has 0 aliphatic carbocycles. The van der Waals surface area contributed by atoms with E-state index in [1.165, 1.54) is 16.8 Å². The number of hydrogen-bond donors (Lipinski definition) is 1. The highest BCUT2D eigenvalue weighted by Gasteiger charge is 2.18. The normalized spacial score (nSPS) is 13.5. The summed E-state index contributed by atoms with van der Waals surface area (Å²) in [4.78, 5) is 25.1. The van der Waals surface area contributed by atoms with Crippen molar-refractivity contribution in [1.29, 1.82) is 0 Å². The third-order valence-corrected chi connectivity index (χ3v) is 5.37. The van der Waals surface area contributed by atoms with E-state index in [1.807, 2.05) is 30.3 Å². The monoisotopic (exact) mass is 442 g/mol. The molecule has 1 N–H and O–H groups in total. The predicted octanol–water partition coefficient (Wildman–Crippen LogP) is 3.60. The van der Waals surface area contributed by atoms with Crippen LogP contribution in [0.1, 0.15) is 36.2 Å². The first kappa shape index (κ1) is 21.7. The van der Waals surface area contributed by atoms with Crippen LogP contribution in [0.25, 0.3) is 0 Å². The van der Waals surface area contributed by atoms with Crippen LogP contribution in [0.3, 0.4) is 0 Å². The van der Waals surface area contributed by atoms with Gasteiger partial charge in [0, 0.05) is 30.6 Å². The Bertz CT molecular complexity index is 1140. The van der Waals surface area contributed by atoms with Crippen molar-refractivity contribution in [3.63, 3.8) is 0 Å². The minimum atomic E-state index is -2.95. The fourth-order valence-corrected chi connectivity index (χ4v) is 3.89. The lowest BCUT2D eigenvalue weighted by atomic mass is 10.0. The summed E-state index contributed by atoms with van der Waals surface area (Å²) in [6, 6.07) is 13.9. The van der Waals surface area contributed by atoms with Crippen LogP contribution >= 0.6 is 0 Å². The average Bonchev–Trinajstić information content (AvgIpc) is 2.92. The van der Waals surface area contributed by atoms with Gasteiger partial charge < -0.3 is 10.1 Å². The zero-order valence-electron chi connectivity index (χ0n) is 17.5. The zero-order valence-corrected chi connectivity index (χ0v) is 17.5. The molecule has 9 heteroatoms. The number of hydrogen-bond acceptors (Lipinski definition) is 4. The van der Waals surface area contributed by atoms with Gasteiger partial charge in [-0.3, -0.25) is 9.36 Å². The van der Waals surface area contributed by atoms with Crippen LogP contribution in [0.15, 0.2) is 53.3 Å². The lowest BCUT2D eigenvalue weighted by Gasteiger charge is -2.13. The van der Waals surface area contributed by atoms with Gasteiger partial charge >= 0.3 is 12.3 Å². The summed E-state index contributed by atoms with van der Waals surface area (Å²) >= 11 is 0. The molecule has 0 saturated carbocycles. The van der Waals surface area contributed by atoms with Gasteiger partial charge in [0.15, 0.2) is 0 Å². The molecule has 2 heterocycles. The molecule has 0 radical (unpaired) electrons. The predicted molar refractivity (Wildman–Crippen MR) is 115 cm³/mol. The minimum absolute atomic E-state index is 0.0518. The molecule has 32 heavy (non-hydrogen) atoms. The summed E-state index contributed by atoms with van der Waals surface area (Å²) in [5, 5.41) is 7.04. The molecule has 2 aromatic carbocycles. The Balaban J connectivity index is 1.50. The Labute approximate surface area is 183 Å². The van der Waals surface area contributed by atoms with Crippen molar-refractivity contribution in [2.24, 2.45) is 0 Å². The van der Waals surface area contributed by atoms with Gasteiger partial charge in [-0.05, 0) is 36.6 Å². The maximum Gasteiger partial charge on any atom is 0.387 e. The summed E-state index contributed by atoms with van der Waals surface area (Å²) < 4.78 is 33.1. The summed E-state index contributed by atoms with van der Waals surface area (Å²) in [5.41, 5.74) is 1.57. The van der Waals surface area contributed by atoms with Crippen molar-refractivity contribution in [2.75, 3.05) is 5.32 Å². The number of ether oxygens (including phenoxy) is 1. The molecule has 0 fully saturated rings. The number of aryl methyl sites for hydroxylation is 1. The maximum absolute atomic E-state index is 12.8. The molecule has 0 bridgehead atoms. The maximum atomic E-state index is 12.8. The molecular weight excluding hydrogens is 418 g/mol. The van der Waals surface area contributed by atoms with Gasteiger partial charge in [-0.2, -0.15) is 13.9 Å². The van der Waals surface area contributed by atoms with Crippen molar-refractivity contribution in [3.05, 3.63) is 76.0 Å². The van der Waals surface area contributed by atoms with E-state index in [0.29, 0.717) is 30.0 Å². The van der Waals surface area contributed by atoms with Crippen molar-refractivity contribution in [1.82, 2.24) is 14.3 Å². The number of fused-ring (bicyclic) bond motifs is 1. The molecular formula is C23H24F2N4O3. The number of carbonyl (C=O) groups excluding carboxylic acids is 1. The Morgan fingerprint density at radius 3 is 2.72 bits per heavy atom. The number of nitrogens with zero attached hydrogens (tertiary/aromatic N) is 3. The molecule has 168 valence electrons. The van der Waals surface area contributed by atoms with Crippen LogP contribution in [0.4, 0.5) is 14.5 Å². The zero-order chi connectivity index (χ0) is 22.5. The quantitative estimate of drug-likeness (QED) is 0.607. The third kappa shape index (κ3) is 5.22. The molecule has 1 amide bonds. The standard InChI is InChI=1S/C23H24F2N4O3/c24-22(25)32-19-11-10-18(14-17(19)13-16-7-3-1-4-8-16)26-21(30)15-29-23(31)28-12-6-2-5-9-20(28)27-29/h1,3-4,7-8,10-11,14,22H,2,5-6,9,12-13,15H2,(H,26,30). The number of halogens is 2. The topological polar surface area (TPSA) is 78.2 Å². The first-order chi connectivity index (χ1) is 15.5. The van der Waals surface area contributed by atoms with E-state index in [9.17, 15) is 18.4 Å². The van der Waals surface area contributed by atoms with E-state index in [2.05, 4.69) is 15.2 Å². The van der Waals surface area contributed by atoms with Gasteiger partial charge in [-0.15, -0.1) is 0 Å². The van der Waals surface area contributed by atoms with Gasteiger partial charge in [0.1, 0.15) is 18.1 Å². The van der Waals surface area contributed by atoms with Crippen LogP contribution in [0, 0.1) is 0 Å². The van der Waals surface area contributed by atoms with Crippen LogP contribution < -0.4 is 15.7 Å². The van der Waals surface area contributed by atoms with Gasteiger partial charge in [-0.1, -0.05) is 36.8 Å². The lowest BCUT2D eigenvalue weighted by molar-refractivity contribution is -0.117. The average molecular weight is 442 g/mol. The van der Waals surface area contributed by atoms with Crippen LogP contribution in [0.2, 0.25) is 0 Å². The van der Waals surface area contributed by atoms with Crippen LogP contribution in [-0.4, -0.2) is 26.9 Å². The van der Waals surface area contributed by atoms with Crippen molar-refractivity contribution >= 4 is 11.6 Å². The SMILES string of the molecule is O=C(Cn1nc2n(c1=O)CCCCC2)Nc1ccc(OC(F)F)c(Cc2ccccc2)c1. The Morgan fingerprint density at radius 2 is 1.94 bits per heavy atom. The Kier molecular flexibility index (Phi) is 6.63. The number of rotatable bonds is 7. The first-order valence-electron chi connectivity index (χ1n) is 10.6. The third-order valence-electron chi connectivity index (χ3n) is 5.37. The molecule has 0 unspecified atom stereocenters. The number of benzene rings is 2. The van der Waals surface area contributed by atoms with E-state index >= 15 is 0 Å². The van der Waals surface area contributed by atoms with Gasteiger partial charge in [0.25, 0.3) is 0 Å². The van der Waals surface area contributed by atoms with Gasteiger partial charge in [0.2, 0.25) is 5.91 Å². The molecule has 0 spiro atoms. The Morgan fingerprint density at radius 1 is 1.12 bits per heavy atom. The molecule has 1 aliphatic rings. The van der Waals surface area contributed by atoms with Crippen LogP contribution in [0.5, 0.6) is 5.75 Å². The van der Waals surface area contributed by atoms with E-state index in [1.54, 1.807) is 10.6 Å². The second-order valence-corrected chi connectivity index (χ2v) is 7.73. The highest BCUT2D eigenvalue weighted by Crippen LogP contribution is 2.27. The van der Waals surface area contributed by atoms with E-state index in [0.717, 1.165) is 31.2 Å². The molecule has 0 atom stereocenters. The fourth-order valence-electron chi connectivity index (χ4n) is 3.89. The summed E-state index contributed by atoms with van der Waals surface area (Å²) in [7, 11) is 0. The van der Waals surface area contributed by atoms with Gasteiger partial charge in [0.05, 0.1) is 0 Å². The lowest BCUT2D eigenvalue weighted by Crippen LogP contribution is -2.30. The van der Waals surface area contributed by atoms with E-state index in [4.69, 9.17) is 0 Å². The molecule has 1 aromatic heterocycles. The van der Waals surface area contributed by atoms with E-state index < -0.39 is 12.5 Å². The Hall–Kier alpha value is -3.49.